The summed E-state index contributed by atoms with van der Waals surface area (Å²) in [6.45, 7) is 10.8. The molecule has 0 spiro atoms. The smallest absolute Gasteiger partial charge is 0.413 e. The molecule has 23 heavy (non-hydrogen) atoms. The number of amides is 1. The Balaban J connectivity index is 2.28. The van der Waals surface area contributed by atoms with E-state index >= 15 is 0 Å². The van der Waals surface area contributed by atoms with E-state index in [0.717, 1.165) is 0 Å². The van der Waals surface area contributed by atoms with Gasteiger partial charge in [0.25, 0.3) is 0 Å². The Kier molecular flexibility index (Phi) is 4.45. The van der Waals surface area contributed by atoms with E-state index < -0.39 is 35.0 Å². The second kappa shape index (κ2) is 5.66. The van der Waals surface area contributed by atoms with Crippen LogP contribution < -0.4 is 0 Å². The topological polar surface area (TPSA) is 88.4 Å². The molecule has 0 aromatic heterocycles. The predicted octanol–water partition coefficient (Wildman–Crippen LogP) is 2.35. The first-order chi connectivity index (χ1) is 10.4. The molecule has 130 valence electrons. The normalized spacial score (nSPS) is 30.3. The summed E-state index contributed by atoms with van der Waals surface area (Å²) in [5.74, 6) is -0.626. The number of thioether (sulfide) groups is 1. The summed E-state index contributed by atoms with van der Waals surface area (Å²) in [4.78, 5) is 29.8. The summed E-state index contributed by atoms with van der Waals surface area (Å²) in [6.07, 6.45) is -0.489. The van der Waals surface area contributed by atoms with Gasteiger partial charge in [-0.3, -0.25) is 9.89 Å². The number of aliphatic imine (C=N–C) groups is 1. The van der Waals surface area contributed by atoms with Crippen LogP contribution in [0.5, 0.6) is 0 Å². The molecule has 1 saturated heterocycles. The zero-order valence-corrected chi connectivity index (χ0v) is 15.2. The zero-order valence-electron chi connectivity index (χ0n) is 14.4. The predicted molar refractivity (Wildman–Crippen MR) is 87.8 cm³/mol. The molecule has 1 fully saturated rings. The van der Waals surface area contributed by atoms with Crippen molar-refractivity contribution < 1.29 is 24.2 Å². The zero-order chi connectivity index (χ0) is 17.6. The summed E-state index contributed by atoms with van der Waals surface area (Å²) in [7, 11) is 0. The second-order valence-electron chi connectivity index (χ2n) is 7.44. The average molecular weight is 344 g/mol. The van der Waals surface area contributed by atoms with Gasteiger partial charge >= 0.3 is 12.1 Å². The minimum absolute atomic E-state index is 0.272. The minimum atomic E-state index is -1.16. The lowest BCUT2D eigenvalue weighted by Gasteiger charge is -2.34. The van der Waals surface area contributed by atoms with Crippen LogP contribution in [0.3, 0.4) is 0 Å². The van der Waals surface area contributed by atoms with Gasteiger partial charge in [-0.15, -0.1) is 11.8 Å². The maximum atomic E-state index is 12.6. The van der Waals surface area contributed by atoms with E-state index in [0.29, 0.717) is 10.8 Å². The maximum absolute atomic E-state index is 12.6. The number of hydrogen-bond acceptors (Lipinski definition) is 6. The standard InChI is InChI=1S/C15H24N2O5S/c1-13(2,3)22-12(20)17-9(7-21-14(17,4)5)10-16-15(6,8-23-10)11(18)19/h9H,7-8H2,1-6H3,(H,18,19)/t9-,15+/m0/s1. The highest BCUT2D eigenvalue weighted by Gasteiger charge is 2.50. The summed E-state index contributed by atoms with van der Waals surface area (Å²) >= 11 is 1.35. The van der Waals surface area contributed by atoms with Crippen molar-refractivity contribution in [1.82, 2.24) is 4.90 Å². The van der Waals surface area contributed by atoms with Crippen LogP contribution in [0.15, 0.2) is 4.99 Å². The van der Waals surface area contributed by atoms with Crippen molar-refractivity contribution in [3.8, 4) is 0 Å². The van der Waals surface area contributed by atoms with Crippen LogP contribution in [0.2, 0.25) is 0 Å². The van der Waals surface area contributed by atoms with Gasteiger partial charge in [0, 0.05) is 5.75 Å². The lowest BCUT2D eigenvalue weighted by Crippen LogP contribution is -2.51. The van der Waals surface area contributed by atoms with Crippen LogP contribution in [0.4, 0.5) is 4.79 Å². The molecule has 2 atom stereocenters. The summed E-state index contributed by atoms with van der Waals surface area (Å²) < 4.78 is 11.2. The molecule has 2 aliphatic heterocycles. The van der Waals surface area contributed by atoms with E-state index in [1.807, 2.05) is 0 Å². The Hall–Kier alpha value is -1.28. The molecule has 2 rings (SSSR count). The first-order valence-electron chi connectivity index (χ1n) is 7.48. The van der Waals surface area contributed by atoms with Crippen molar-refractivity contribution in [2.24, 2.45) is 4.99 Å². The third kappa shape index (κ3) is 3.63. The van der Waals surface area contributed by atoms with E-state index in [2.05, 4.69) is 4.99 Å². The van der Waals surface area contributed by atoms with Crippen molar-refractivity contribution in [1.29, 1.82) is 0 Å². The van der Waals surface area contributed by atoms with Crippen LogP contribution in [-0.2, 0) is 14.3 Å². The first-order valence-corrected chi connectivity index (χ1v) is 8.46. The number of rotatable bonds is 2. The van der Waals surface area contributed by atoms with Crippen molar-refractivity contribution >= 4 is 28.9 Å². The van der Waals surface area contributed by atoms with Gasteiger partial charge < -0.3 is 14.6 Å². The molecule has 0 saturated carbocycles. The molecule has 8 heteroatoms. The highest BCUT2D eigenvalue weighted by atomic mass is 32.2. The van der Waals surface area contributed by atoms with Gasteiger partial charge in [0.2, 0.25) is 0 Å². The van der Waals surface area contributed by atoms with Crippen molar-refractivity contribution in [3.05, 3.63) is 0 Å². The Bertz CT molecular complexity index is 555. The largest absolute Gasteiger partial charge is 0.479 e. The summed E-state index contributed by atoms with van der Waals surface area (Å²) in [5.41, 5.74) is -2.62. The first kappa shape index (κ1) is 18.1. The number of nitrogens with zero attached hydrogens (tertiary/aromatic N) is 2. The SMILES string of the molecule is CC(C)(C)OC(=O)N1[C@H](C2=N[C@@](C)(C(=O)O)CS2)COC1(C)C. The summed E-state index contributed by atoms with van der Waals surface area (Å²) in [5, 5.41) is 9.91. The van der Waals surface area contributed by atoms with Gasteiger partial charge in [-0.25, -0.2) is 9.59 Å². The molecule has 7 nitrogen and oxygen atoms in total. The quantitative estimate of drug-likeness (QED) is 0.827. The molecular weight excluding hydrogens is 320 g/mol. The van der Waals surface area contributed by atoms with Crippen molar-refractivity contribution in [3.63, 3.8) is 0 Å². The van der Waals surface area contributed by atoms with E-state index in [4.69, 9.17) is 9.47 Å². The molecule has 0 aromatic carbocycles. The fourth-order valence-corrected chi connectivity index (χ4v) is 3.69. The Morgan fingerprint density at radius 3 is 2.48 bits per heavy atom. The summed E-state index contributed by atoms with van der Waals surface area (Å²) in [6, 6.07) is -0.425. The molecule has 0 radical (unpaired) electrons. The van der Waals surface area contributed by atoms with Gasteiger partial charge in [-0.05, 0) is 41.5 Å². The number of carboxylic acids is 1. The number of carbonyl (C=O) groups excluding carboxylic acids is 1. The Morgan fingerprint density at radius 1 is 1.39 bits per heavy atom. The van der Waals surface area contributed by atoms with Crippen molar-refractivity contribution in [2.75, 3.05) is 12.4 Å². The van der Waals surface area contributed by atoms with Gasteiger partial charge in [-0.1, -0.05) is 0 Å². The number of carbonyl (C=O) groups is 2. The number of aliphatic carboxylic acids is 1. The molecule has 1 N–H and O–H groups in total. The monoisotopic (exact) mass is 344 g/mol. The van der Waals surface area contributed by atoms with Crippen LogP contribution in [0, 0.1) is 0 Å². The molecule has 0 bridgehead atoms. The van der Waals surface area contributed by atoms with Gasteiger partial charge in [0.05, 0.1) is 11.7 Å². The molecule has 0 aliphatic carbocycles. The molecular formula is C15H24N2O5S. The average Bonchev–Trinajstić information content (AvgIpc) is 2.88. The maximum Gasteiger partial charge on any atom is 0.413 e. The highest BCUT2D eigenvalue weighted by Crippen LogP contribution is 2.37. The Labute approximate surface area is 140 Å². The molecule has 0 unspecified atom stereocenters. The van der Waals surface area contributed by atoms with Crippen LogP contribution in [0.1, 0.15) is 41.5 Å². The lowest BCUT2D eigenvalue weighted by atomic mass is 10.1. The highest BCUT2D eigenvalue weighted by molar-refractivity contribution is 8.14. The third-order valence-corrected chi connectivity index (χ3v) is 5.05. The molecule has 1 amide bonds. The van der Waals surface area contributed by atoms with E-state index in [1.165, 1.54) is 16.7 Å². The van der Waals surface area contributed by atoms with E-state index in [-0.39, 0.29) is 6.61 Å². The fourth-order valence-electron chi connectivity index (χ4n) is 2.44. The Morgan fingerprint density at radius 2 is 2.00 bits per heavy atom. The molecule has 2 heterocycles. The van der Waals surface area contributed by atoms with Gasteiger partial charge in [-0.2, -0.15) is 0 Å². The van der Waals surface area contributed by atoms with E-state index in [1.54, 1.807) is 41.5 Å². The fraction of sp³-hybridized carbons (Fsp3) is 0.800. The van der Waals surface area contributed by atoms with E-state index in [9.17, 15) is 14.7 Å². The van der Waals surface area contributed by atoms with Gasteiger partial charge in [0.15, 0.2) is 5.54 Å². The molecule has 0 aromatic rings. The second-order valence-corrected chi connectivity index (χ2v) is 8.44. The third-order valence-electron chi connectivity index (χ3n) is 3.68. The molecule has 2 aliphatic rings. The van der Waals surface area contributed by atoms with Crippen LogP contribution in [0.25, 0.3) is 0 Å². The van der Waals surface area contributed by atoms with Gasteiger partial charge in [0.1, 0.15) is 17.4 Å². The minimum Gasteiger partial charge on any atom is -0.479 e. The lowest BCUT2D eigenvalue weighted by molar-refractivity contribution is -0.141. The van der Waals surface area contributed by atoms with Crippen LogP contribution in [-0.4, -0.2) is 62.4 Å². The van der Waals surface area contributed by atoms with Crippen LogP contribution >= 0.6 is 11.8 Å². The number of ether oxygens (including phenoxy) is 2. The number of carboxylic acid groups (broad SMARTS) is 1. The van der Waals surface area contributed by atoms with Crippen molar-refractivity contribution in [2.45, 2.75) is 64.4 Å². The number of hydrogen-bond donors (Lipinski definition) is 1.